The molecule has 12 heteroatoms. The molecule has 1 aromatic carbocycles. The van der Waals surface area contributed by atoms with E-state index in [4.69, 9.17) is 4.74 Å². The summed E-state index contributed by atoms with van der Waals surface area (Å²) in [5.41, 5.74) is -0.487. The normalized spacial score (nSPS) is 30.6. The van der Waals surface area contributed by atoms with Crippen molar-refractivity contribution in [3.05, 3.63) is 64.0 Å². The van der Waals surface area contributed by atoms with E-state index in [0.29, 0.717) is 37.1 Å². The van der Waals surface area contributed by atoms with Gasteiger partial charge in [0, 0.05) is 23.3 Å². The van der Waals surface area contributed by atoms with Gasteiger partial charge in [0.05, 0.1) is 0 Å². The molecule has 1 heterocycles. The molecule has 0 bridgehead atoms. The number of ketones is 1. The van der Waals surface area contributed by atoms with Gasteiger partial charge in [-0.25, -0.2) is 5.10 Å². The zero-order chi connectivity index (χ0) is 30.6. The molecule has 0 saturated heterocycles. The molecule has 2 saturated carbocycles. The van der Waals surface area contributed by atoms with Gasteiger partial charge in [-0.2, -0.15) is 22.0 Å². The van der Waals surface area contributed by atoms with Crippen molar-refractivity contribution in [3.63, 3.8) is 0 Å². The molecule has 0 aliphatic heterocycles. The van der Waals surface area contributed by atoms with Gasteiger partial charge in [0.1, 0.15) is 18.8 Å². The first-order chi connectivity index (χ1) is 20.4. The minimum absolute atomic E-state index is 0.0412. The molecule has 228 valence electrons. The molecule has 4 aliphatic carbocycles. The van der Waals surface area contributed by atoms with Crippen LogP contribution in [0.25, 0.3) is 0 Å². The van der Waals surface area contributed by atoms with E-state index in [1.54, 1.807) is 18.2 Å². The number of hydrogen-bond donors (Lipinski definition) is 2. The Labute approximate surface area is 245 Å². The van der Waals surface area contributed by atoms with Crippen LogP contribution in [0.15, 0.2) is 47.1 Å². The molecule has 4 aliphatic rings. The molecule has 43 heavy (non-hydrogen) atoms. The van der Waals surface area contributed by atoms with Crippen molar-refractivity contribution in [1.29, 1.82) is 0 Å². The average molecular weight is 603 g/mol. The molecular formula is C31H31F5N4O3. The summed E-state index contributed by atoms with van der Waals surface area (Å²) in [6.45, 7) is 1.72. The summed E-state index contributed by atoms with van der Waals surface area (Å²) in [6.07, 6.45) is -2.87. The van der Waals surface area contributed by atoms with E-state index in [-0.39, 0.29) is 37.8 Å². The Morgan fingerprint density at radius 1 is 1.12 bits per heavy atom. The number of aromatic nitrogens is 4. The van der Waals surface area contributed by atoms with Gasteiger partial charge < -0.3 is 9.84 Å². The first kappa shape index (κ1) is 29.6. The number of fused-ring (bicyclic) bond motifs is 4. The minimum atomic E-state index is -5.88. The topological polar surface area (TPSA) is 101 Å². The minimum Gasteiger partial charge on any atom is -0.383 e. The van der Waals surface area contributed by atoms with E-state index >= 15 is 8.78 Å². The average Bonchev–Trinajstić information content (AvgIpc) is 3.58. The molecule has 0 spiro atoms. The molecule has 5 atom stereocenters. The zero-order valence-electron chi connectivity index (χ0n) is 23.5. The SMILES string of the molecule is C[C@]12C[C@H](c3ccc(C#CCOCc4nnn[nH]4)cc3)C3=C4CCC(=O)C=C4CC[C@H]3[C@@H]1CC[C@@]2(O)C(F)(F)C(F)(F)F. The Balaban J connectivity index is 1.34. The summed E-state index contributed by atoms with van der Waals surface area (Å²) in [4.78, 5) is 12.2. The number of carbonyl (C=O) groups is 1. The largest absolute Gasteiger partial charge is 0.456 e. The van der Waals surface area contributed by atoms with Gasteiger partial charge in [0.25, 0.3) is 0 Å². The van der Waals surface area contributed by atoms with Crippen molar-refractivity contribution in [2.24, 2.45) is 17.3 Å². The number of allylic oxidation sites excluding steroid dienone is 4. The summed E-state index contributed by atoms with van der Waals surface area (Å²) >= 11 is 0. The van der Waals surface area contributed by atoms with Crippen LogP contribution in [0.5, 0.6) is 0 Å². The molecule has 1 aromatic heterocycles. The molecule has 2 aromatic rings. The molecule has 6 rings (SSSR count). The number of ether oxygens (including phenoxy) is 1. The fourth-order valence-corrected chi connectivity index (χ4v) is 8.09. The third-order valence-corrected chi connectivity index (χ3v) is 10.1. The van der Waals surface area contributed by atoms with Crippen molar-refractivity contribution < 1.29 is 36.6 Å². The Hall–Kier alpha value is -3.43. The van der Waals surface area contributed by atoms with Crippen LogP contribution in [0.2, 0.25) is 0 Å². The number of hydrogen-bond acceptors (Lipinski definition) is 6. The maximum atomic E-state index is 15.1. The van der Waals surface area contributed by atoms with Gasteiger partial charge in [0.15, 0.2) is 11.6 Å². The number of H-pyrrole nitrogens is 1. The van der Waals surface area contributed by atoms with Crippen LogP contribution in [0.4, 0.5) is 22.0 Å². The number of halogens is 5. The Bertz CT molecular complexity index is 1520. The van der Waals surface area contributed by atoms with Gasteiger partial charge in [0.2, 0.25) is 0 Å². The Kier molecular flexibility index (Phi) is 7.32. The standard InChI is InChI=1S/C31H31F5N4O3/c1-28-16-24(19-6-4-18(5-7-19)3-2-14-43-17-26-37-39-40-38-26)27-22-11-9-21(41)15-20(22)8-10-23(27)25(28)12-13-29(28,42)30(32,33)31(34,35)36/h4-7,15,23-25,42H,8-14,16-17H2,1H3,(H,37,38,39,40)/t23-,24+,25-,28-,29-/m0/s1. The van der Waals surface area contributed by atoms with E-state index in [0.717, 1.165) is 22.3 Å². The predicted octanol–water partition coefficient (Wildman–Crippen LogP) is 5.60. The summed E-state index contributed by atoms with van der Waals surface area (Å²) in [5.74, 6) is -0.157. The number of tetrazole rings is 1. The number of nitrogens with one attached hydrogen (secondary N) is 1. The first-order valence-electron chi connectivity index (χ1n) is 14.4. The van der Waals surface area contributed by atoms with Crippen LogP contribution in [0.1, 0.15) is 74.7 Å². The van der Waals surface area contributed by atoms with E-state index in [9.17, 15) is 23.1 Å². The van der Waals surface area contributed by atoms with Crippen molar-refractivity contribution in [2.75, 3.05) is 6.61 Å². The lowest BCUT2D eigenvalue weighted by Gasteiger charge is -2.56. The number of benzene rings is 1. The maximum Gasteiger partial charge on any atom is 0.456 e. The van der Waals surface area contributed by atoms with Gasteiger partial charge in [-0.05, 0) is 95.7 Å². The van der Waals surface area contributed by atoms with Gasteiger partial charge in [-0.1, -0.05) is 36.5 Å². The highest BCUT2D eigenvalue weighted by Crippen LogP contribution is 2.70. The van der Waals surface area contributed by atoms with Crippen molar-refractivity contribution >= 4 is 5.78 Å². The Morgan fingerprint density at radius 2 is 1.88 bits per heavy atom. The van der Waals surface area contributed by atoms with Crippen LogP contribution in [0.3, 0.4) is 0 Å². The second-order valence-electron chi connectivity index (χ2n) is 12.2. The molecule has 7 nitrogen and oxygen atoms in total. The van der Waals surface area contributed by atoms with Gasteiger partial charge in [-0.15, -0.1) is 5.10 Å². The van der Waals surface area contributed by atoms with Crippen molar-refractivity contribution in [2.45, 2.75) is 82.1 Å². The van der Waals surface area contributed by atoms with E-state index < -0.39 is 41.4 Å². The fourth-order valence-electron chi connectivity index (χ4n) is 8.09. The highest BCUT2D eigenvalue weighted by atomic mass is 19.4. The molecule has 2 N–H and O–H groups in total. The molecule has 0 unspecified atom stereocenters. The van der Waals surface area contributed by atoms with E-state index in [2.05, 4.69) is 32.5 Å². The van der Waals surface area contributed by atoms with E-state index in [1.165, 1.54) is 6.92 Å². The van der Waals surface area contributed by atoms with Crippen LogP contribution in [0, 0.1) is 29.1 Å². The summed E-state index contributed by atoms with van der Waals surface area (Å²) < 4.78 is 76.9. The number of rotatable bonds is 5. The summed E-state index contributed by atoms with van der Waals surface area (Å²) in [5, 5.41) is 24.6. The third-order valence-electron chi connectivity index (χ3n) is 10.1. The number of aliphatic hydroxyl groups is 1. The number of aromatic amines is 1. The maximum absolute atomic E-state index is 15.1. The Morgan fingerprint density at radius 3 is 2.58 bits per heavy atom. The van der Waals surface area contributed by atoms with Crippen LogP contribution >= 0.6 is 0 Å². The fraction of sp³-hybridized carbons (Fsp3) is 0.548. The molecule has 0 radical (unpaired) electrons. The smallest absolute Gasteiger partial charge is 0.383 e. The highest BCUT2D eigenvalue weighted by Gasteiger charge is 2.79. The second-order valence-corrected chi connectivity index (χ2v) is 12.2. The van der Waals surface area contributed by atoms with Gasteiger partial charge in [-0.3, -0.25) is 4.79 Å². The zero-order valence-corrected chi connectivity index (χ0v) is 23.5. The second kappa shape index (κ2) is 10.6. The third kappa shape index (κ3) is 4.81. The van der Waals surface area contributed by atoms with Crippen LogP contribution < -0.4 is 0 Å². The van der Waals surface area contributed by atoms with Crippen molar-refractivity contribution in [1.82, 2.24) is 20.6 Å². The van der Waals surface area contributed by atoms with Gasteiger partial charge >= 0.3 is 12.1 Å². The molecule has 2 fully saturated rings. The van der Waals surface area contributed by atoms with E-state index in [1.807, 2.05) is 12.1 Å². The molecule has 0 amide bonds. The highest BCUT2D eigenvalue weighted by molar-refractivity contribution is 5.93. The van der Waals surface area contributed by atoms with Crippen LogP contribution in [-0.4, -0.2) is 55.8 Å². The van der Waals surface area contributed by atoms with Crippen LogP contribution in [-0.2, 0) is 16.1 Å². The molecular weight excluding hydrogens is 571 g/mol. The number of nitrogens with zero attached hydrogens (tertiary/aromatic N) is 3. The van der Waals surface area contributed by atoms with Crippen molar-refractivity contribution in [3.8, 4) is 11.8 Å². The quantitative estimate of drug-likeness (QED) is 0.263. The predicted molar refractivity (Wildman–Crippen MR) is 143 cm³/mol. The summed E-state index contributed by atoms with van der Waals surface area (Å²) in [7, 11) is 0. The lowest BCUT2D eigenvalue weighted by Crippen LogP contribution is -2.65. The lowest BCUT2D eigenvalue weighted by molar-refractivity contribution is -0.362. The number of carbonyl (C=O) groups excluding carboxylic acids is 1. The summed E-state index contributed by atoms with van der Waals surface area (Å²) in [6, 6.07) is 7.22. The monoisotopic (exact) mass is 602 g/mol. The number of alkyl halides is 5. The lowest BCUT2D eigenvalue weighted by atomic mass is 9.50. The first-order valence-corrected chi connectivity index (χ1v) is 14.4.